The molecule has 2 amide bonds. The molecule has 0 saturated heterocycles. The van der Waals surface area contributed by atoms with Crippen LogP contribution in [0, 0.1) is 0 Å². The highest BCUT2D eigenvalue weighted by atomic mass is 16.5. The van der Waals surface area contributed by atoms with Crippen LogP contribution in [0.15, 0.2) is 42.5 Å². The highest BCUT2D eigenvalue weighted by Crippen LogP contribution is 2.20. The fraction of sp³-hybridized carbons (Fsp3) is 0.250. The Kier molecular flexibility index (Phi) is 7.38. The summed E-state index contributed by atoms with van der Waals surface area (Å²) in [7, 11) is 4.06. The predicted molar refractivity (Wildman–Crippen MR) is 103 cm³/mol. The van der Waals surface area contributed by atoms with E-state index < -0.39 is 18.0 Å². The Morgan fingerprint density at radius 2 is 1.64 bits per heavy atom. The summed E-state index contributed by atoms with van der Waals surface area (Å²) < 4.78 is 14.6. The van der Waals surface area contributed by atoms with Crippen molar-refractivity contribution in [3.05, 3.63) is 59.2 Å². The fourth-order valence-electron chi connectivity index (χ4n) is 2.57. The van der Waals surface area contributed by atoms with Crippen LogP contribution in [0.2, 0.25) is 0 Å². The molecule has 0 aromatic heterocycles. The SMILES string of the molecule is COC(=O)c1ccc(C(=O)OC)c(NC(=O)NCCc2ccccc2OC)c1. The minimum absolute atomic E-state index is 0.120. The lowest BCUT2D eigenvalue weighted by Gasteiger charge is -2.13. The van der Waals surface area contributed by atoms with Crippen molar-refractivity contribution in [3.8, 4) is 5.75 Å². The molecule has 0 fully saturated rings. The van der Waals surface area contributed by atoms with Crippen molar-refractivity contribution < 1.29 is 28.6 Å². The van der Waals surface area contributed by atoms with Crippen molar-refractivity contribution >= 4 is 23.7 Å². The number of para-hydroxylation sites is 1. The third kappa shape index (κ3) is 5.23. The van der Waals surface area contributed by atoms with Gasteiger partial charge >= 0.3 is 18.0 Å². The molecule has 0 radical (unpaired) electrons. The number of ether oxygens (including phenoxy) is 3. The van der Waals surface area contributed by atoms with Crippen LogP contribution in [0.4, 0.5) is 10.5 Å². The predicted octanol–water partition coefficient (Wildman–Crippen LogP) is 2.63. The van der Waals surface area contributed by atoms with E-state index in [2.05, 4.69) is 15.4 Å². The normalized spacial score (nSPS) is 9.96. The molecule has 0 aliphatic carbocycles. The zero-order chi connectivity index (χ0) is 20.5. The van der Waals surface area contributed by atoms with E-state index >= 15 is 0 Å². The number of hydrogen-bond donors (Lipinski definition) is 2. The second-order valence-electron chi connectivity index (χ2n) is 5.69. The van der Waals surface area contributed by atoms with Crippen molar-refractivity contribution in [2.45, 2.75) is 6.42 Å². The Labute approximate surface area is 162 Å². The lowest BCUT2D eigenvalue weighted by molar-refractivity contribution is 0.0587. The molecule has 8 heteroatoms. The van der Waals surface area contributed by atoms with Crippen LogP contribution in [-0.4, -0.2) is 45.8 Å². The lowest BCUT2D eigenvalue weighted by Crippen LogP contribution is -2.31. The summed E-state index contributed by atoms with van der Waals surface area (Å²) in [6.45, 7) is 0.344. The average molecular weight is 386 g/mol. The number of carbonyl (C=O) groups is 3. The number of carbonyl (C=O) groups excluding carboxylic acids is 3. The van der Waals surface area contributed by atoms with Gasteiger partial charge in [-0.05, 0) is 36.2 Å². The lowest BCUT2D eigenvalue weighted by atomic mass is 10.1. The van der Waals surface area contributed by atoms with Gasteiger partial charge in [0, 0.05) is 6.54 Å². The fourth-order valence-corrected chi connectivity index (χ4v) is 2.57. The first kappa shape index (κ1) is 20.8. The number of anilines is 1. The zero-order valence-corrected chi connectivity index (χ0v) is 15.9. The standard InChI is InChI=1S/C20H22N2O6/c1-26-17-7-5-4-6-13(17)10-11-21-20(25)22-16-12-14(18(23)27-2)8-9-15(16)19(24)28-3/h4-9,12H,10-11H2,1-3H3,(H2,21,22,25). The summed E-state index contributed by atoms with van der Waals surface area (Å²) in [4.78, 5) is 35.9. The summed E-state index contributed by atoms with van der Waals surface area (Å²) in [5.41, 5.74) is 1.41. The molecule has 0 atom stereocenters. The molecule has 2 aromatic rings. The van der Waals surface area contributed by atoms with E-state index in [0.29, 0.717) is 13.0 Å². The van der Waals surface area contributed by atoms with E-state index in [-0.39, 0.29) is 16.8 Å². The molecule has 2 aromatic carbocycles. The second kappa shape index (κ2) is 9.96. The largest absolute Gasteiger partial charge is 0.496 e. The third-order valence-corrected chi connectivity index (χ3v) is 3.97. The monoisotopic (exact) mass is 386 g/mol. The van der Waals surface area contributed by atoms with Crippen LogP contribution < -0.4 is 15.4 Å². The minimum Gasteiger partial charge on any atom is -0.496 e. The molecule has 8 nitrogen and oxygen atoms in total. The van der Waals surface area contributed by atoms with Gasteiger partial charge < -0.3 is 24.8 Å². The van der Waals surface area contributed by atoms with E-state index in [1.807, 2.05) is 24.3 Å². The van der Waals surface area contributed by atoms with Gasteiger partial charge in [0.05, 0.1) is 38.1 Å². The number of esters is 2. The topological polar surface area (TPSA) is 103 Å². The second-order valence-corrected chi connectivity index (χ2v) is 5.69. The number of rotatable bonds is 7. The minimum atomic E-state index is -0.638. The van der Waals surface area contributed by atoms with Gasteiger partial charge in [-0.1, -0.05) is 18.2 Å². The van der Waals surface area contributed by atoms with Crippen LogP contribution in [0.3, 0.4) is 0 Å². The van der Waals surface area contributed by atoms with Crippen LogP contribution in [0.1, 0.15) is 26.3 Å². The smallest absolute Gasteiger partial charge is 0.339 e. The molecule has 0 unspecified atom stereocenters. The number of methoxy groups -OCH3 is 3. The molecular weight excluding hydrogens is 364 g/mol. The molecule has 0 heterocycles. The Bertz CT molecular complexity index is 866. The molecule has 0 bridgehead atoms. The van der Waals surface area contributed by atoms with Crippen LogP contribution >= 0.6 is 0 Å². The Hall–Kier alpha value is -3.55. The molecule has 0 aliphatic rings. The molecule has 0 spiro atoms. The van der Waals surface area contributed by atoms with Gasteiger partial charge in [0.25, 0.3) is 0 Å². The number of nitrogens with one attached hydrogen (secondary N) is 2. The van der Waals surface area contributed by atoms with E-state index in [0.717, 1.165) is 11.3 Å². The molecule has 28 heavy (non-hydrogen) atoms. The Morgan fingerprint density at radius 1 is 0.929 bits per heavy atom. The van der Waals surface area contributed by atoms with Gasteiger partial charge in [-0.15, -0.1) is 0 Å². The number of urea groups is 1. The molecule has 0 saturated carbocycles. The summed E-state index contributed by atoms with van der Waals surface area (Å²) in [5, 5.41) is 5.27. The van der Waals surface area contributed by atoms with Crippen LogP contribution in [-0.2, 0) is 15.9 Å². The maximum atomic E-state index is 12.2. The first-order valence-electron chi connectivity index (χ1n) is 8.47. The van der Waals surface area contributed by atoms with Crippen molar-refractivity contribution in [1.29, 1.82) is 0 Å². The molecular formula is C20H22N2O6. The number of hydrogen-bond acceptors (Lipinski definition) is 6. The maximum Gasteiger partial charge on any atom is 0.339 e. The van der Waals surface area contributed by atoms with E-state index in [1.165, 1.54) is 32.4 Å². The molecule has 148 valence electrons. The highest BCUT2D eigenvalue weighted by molar-refractivity contribution is 6.03. The number of amides is 2. The summed E-state index contributed by atoms with van der Waals surface area (Å²) in [5.74, 6) is -0.486. The zero-order valence-electron chi connectivity index (χ0n) is 15.9. The van der Waals surface area contributed by atoms with Gasteiger partial charge in [-0.2, -0.15) is 0 Å². The van der Waals surface area contributed by atoms with Gasteiger partial charge in [-0.3, -0.25) is 0 Å². The van der Waals surface area contributed by atoms with E-state index in [1.54, 1.807) is 7.11 Å². The van der Waals surface area contributed by atoms with Crippen molar-refractivity contribution in [1.82, 2.24) is 5.32 Å². The summed E-state index contributed by atoms with van der Waals surface area (Å²) in [6, 6.07) is 11.2. The Morgan fingerprint density at radius 3 is 2.32 bits per heavy atom. The van der Waals surface area contributed by atoms with E-state index in [4.69, 9.17) is 9.47 Å². The Balaban J connectivity index is 2.07. The molecule has 2 N–H and O–H groups in total. The van der Waals surface area contributed by atoms with Crippen molar-refractivity contribution in [2.24, 2.45) is 0 Å². The first-order valence-corrected chi connectivity index (χ1v) is 8.47. The summed E-state index contributed by atoms with van der Waals surface area (Å²) in [6.07, 6.45) is 0.559. The average Bonchev–Trinajstić information content (AvgIpc) is 2.72. The molecule has 0 aliphatic heterocycles. The van der Waals surface area contributed by atoms with Crippen molar-refractivity contribution in [3.63, 3.8) is 0 Å². The first-order chi connectivity index (χ1) is 13.5. The quantitative estimate of drug-likeness (QED) is 0.709. The summed E-state index contributed by atoms with van der Waals surface area (Å²) >= 11 is 0. The van der Waals surface area contributed by atoms with Gasteiger partial charge in [-0.25, -0.2) is 14.4 Å². The maximum absolute atomic E-state index is 12.2. The van der Waals surface area contributed by atoms with Gasteiger partial charge in [0.2, 0.25) is 0 Å². The van der Waals surface area contributed by atoms with Gasteiger partial charge in [0.15, 0.2) is 0 Å². The number of benzene rings is 2. The van der Waals surface area contributed by atoms with E-state index in [9.17, 15) is 14.4 Å². The van der Waals surface area contributed by atoms with Crippen LogP contribution in [0.5, 0.6) is 5.75 Å². The van der Waals surface area contributed by atoms with Crippen molar-refractivity contribution in [2.75, 3.05) is 33.2 Å². The van der Waals surface area contributed by atoms with Crippen LogP contribution in [0.25, 0.3) is 0 Å². The highest BCUT2D eigenvalue weighted by Gasteiger charge is 2.17. The van der Waals surface area contributed by atoms with Gasteiger partial charge in [0.1, 0.15) is 5.75 Å². The molecule has 2 rings (SSSR count). The third-order valence-electron chi connectivity index (χ3n) is 3.97.